The molecule has 0 fully saturated rings. The average molecular weight is 376 g/mol. The second kappa shape index (κ2) is 8.14. The predicted octanol–water partition coefficient (Wildman–Crippen LogP) is 2.58. The largest absolute Gasteiger partial charge is 0.465 e. The molecule has 4 nitrogen and oxygen atoms in total. The molecule has 0 spiro atoms. The smallest absolute Gasteiger partial charge is 0.320 e. The first kappa shape index (κ1) is 15.9. The van der Waals surface area contributed by atoms with Crippen molar-refractivity contribution < 1.29 is 19.1 Å². The molecule has 0 atom stereocenters. The number of hydrogen-bond acceptors (Lipinski definition) is 4. The van der Waals surface area contributed by atoms with Crippen LogP contribution in [-0.2, 0) is 25.5 Å². The van der Waals surface area contributed by atoms with E-state index in [-0.39, 0.29) is 13.2 Å². The van der Waals surface area contributed by atoms with Crippen molar-refractivity contribution >= 4 is 34.5 Å². The third kappa shape index (κ3) is 5.18. The van der Waals surface area contributed by atoms with Gasteiger partial charge in [0, 0.05) is 3.57 Å². The third-order valence-corrected chi connectivity index (χ3v) is 3.14. The van der Waals surface area contributed by atoms with E-state index < -0.39 is 17.9 Å². The zero-order chi connectivity index (χ0) is 14.3. The van der Waals surface area contributed by atoms with E-state index in [1.54, 1.807) is 13.8 Å². The van der Waals surface area contributed by atoms with Crippen LogP contribution in [0.2, 0.25) is 0 Å². The minimum absolute atomic E-state index is 0.251. The Morgan fingerprint density at radius 1 is 1.16 bits per heavy atom. The highest BCUT2D eigenvalue weighted by Gasteiger charge is 2.29. The van der Waals surface area contributed by atoms with Crippen LogP contribution in [0.25, 0.3) is 0 Å². The highest BCUT2D eigenvalue weighted by molar-refractivity contribution is 14.1. The number of halogens is 1. The molecular formula is C14H17IO4. The minimum Gasteiger partial charge on any atom is -0.465 e. The van der Waals surface area contributed by atoms with E-state index in [1.807, 2.05) is 24.3 Å². The van der Waals surface area contributed by atoms with Crippen molar-refractivity contribution in [1.29, 1.82) is 0 Å². The summed E-state index contributed by atoms with van der Waals surface area (Å²) in [6.07, 6.45) is 0.300. The molecule has 0 N–H and O–H groups in total. The summed E-state index contributed by atoms with van der Waals surface area (Å²) in [5, 5.41) is 0. The molecule has 0 radical (unpaired) electrons. The van der Waals surface area contributed by atoms with Gasteiger partial charge in [0.25, 0.3) is 0 Å². The lowest BCUT2D eigenvalue weighted by atomic mass is 9.99. The molecule has 0 aliphatic heterocycles. The van der Waals surface area contributed by atoms with Crippen LogP contribution in [0.5, 0.6) is 0 Å². The maximum absolute atomic E-state index is 11.8. The van der Waals surface area contributed by atoms with Crippen LogP contribution in [0.3, 0.4) is 0 Å². The normalized spacial score (nSPS) is 10.3. The Kier molecular flexibility index (Phi) is 6.83. The van der Waals surface area contributed by atoms with E-state index in [2.05, 4.69) is 22.6 Å². The van der Waals surface area contributed by atoms with Crippen LogP contribution < -0.4 is 0 Å². The van der Waals surface area contributed by atoms with Crippen molar-refractivity contribution in [2.24, 2.45) is 5.92 Å². The maximum Gasteiger partial charge on any atom is 0.320 e. The van der Waals surface area contributed by atoms with Crippen molar-refractivity contribution in [3.05, 3.63) is 33.4 Å². The molecule has 0 saturated carbocycles. The van der Waals surface area contributed by atoms with Crippen LogP contribution >= 0.6 is 22.6 Å². The molecule has 0 amide bonds. The van der Waals surface area contributed by atoms with Crippen molar-refractivity contribution in [2.75, 3.05) is 13.2 Å². The first-order valence-corrected chi connectivity index (χ1v) is 7.24. The fourth-order valence-corrected chi connectivity index (χ4v) is 2.26. The van der Waals surface area contributed by atoms with Crippen molar-refractivity contribution in [1.82, 2.24) is 0 Å². The van der Waals surface area contributed by atoms with Crippen LogP contribution in [0.1, 0.15) is 19.4 Å². The summed E-state index contributed by atoms with van der Waals surface area (Å²) >= 11 is 2.19. The van der Waals surface area contributed by atoms with Gasteiger partial charge < -0.3 is 9.47 Å². The standard InChI is InChI=1S/C14H17IO4/c1-3-18-13(16)12(14(17)19-4-2)9-10-6-5-7-11(15)8-10/h5-8,12H,3-4,9H2,1-2H3. The molecule has 104 valence electrons. The summed E-state index contributed by atoms with van der Waals surface area (Å²) in [6.45, 7) is 3.93. The third-order valence-electron chi connectivity index (χ3n) is 2.47. The highest BCUT2D eigenvalue weighted by Crippen LogP contribution is 2.15. The number of rotatable bonds is 6. The SMILES string of the molecule is CCOC(=O)C(Cc1cccc(I)c1)C(=O)OCC. The lowest BCUT2D eigenvalue weighted by Crippen LogP contribution is -2.30. The molecule has 1 rings (SSSR count). The zero-order valence-electron chi connectivity index (χ0n) is 11.0. The first-order chi connectivity index (χ1) is 9.08. The number of benzene rings is 1. The molecule has 19 heavy (non-hydrogen) atoms. The van der Waals surface area contributed by atoms with Gasteiger partial charge in [-0.2, -0.15) is 0 Å². The van der Waals surface area contributed by atoms with Gasteiger partial charge in [0.2, 0.25) is 0 Å². The molecule has 1 aromatic carbocycles. The van der Waals surface area contributed by atoms with Gasteiger partial charge in [-0.3, -0.25) is 9.59 Å². The maximum atomic E-state index is 11.8. The van der Waals surface area contributed by atoms with E-state index >= 15 is 0 Å². The van der Waals surface area contributed by atoms with Crippen LogP contribution in [0.15, 0.2) is 24.3 Å². The number of ether oxygens (including phenoxy) is 2. The molecular weight excluding hydrogens is 359 g/mol. The molecule has 0 unspecified atom stereocenters. The predicted molar refractivity (Wildman–Crippen MR) is 79.6 cm³/mol. The van der Waals surface area contributed by atoms with Gasteiger partial charge in [0.05, 0.1) is 13.2 Å². The molecule has 0 saturated heterocycles. The van der Waals surface area contributed by atoms with E-state index in [9.17, 15) is 9.59 Å². The summed E-state index contributed by atoms with van der Waals surface area (Å²) in [5.41, 5.74) is 0.915. The zero-order valence-corrected chi connectivity index (χ0v) is 13.2. The van der Waals surface area contributed by atoms with Crippen molar-refractivity contribution in [3.63, 3.8) is 0 Å². The quantitative estimate of drug-likeness (QED) is 0.435. The summed E-state index contributed by atoms with van der Waals surface area (Å²) in [5.74, 6) is -1.95. The van der Waals surface area contributed by atoms with Gasteiger partial charge in [-0.05, 0) is 60.6 Å². The fraction of sp³-hybridized carbons (Fsp3) is 0.429. The van der Waals surface area contributed by atoms with E-state index in [4.69, 9.17) is 9.47 Å². The summed E-state index contributed by atoms with van der Waals surface area (Å²) < 4.78 is 10.9. The molecule has 1 aromatic rings. The van der Waals surface area contributed by atoms with Crippen LogP contribution in [0, 0.1) is 9.49 Å². The molecule has 0 bridgehead atoms. The molecule has 0 aliphatic rings. The van der Waals surface area contributed by atoms with Gasteiger partial charge in [-0.25, -0.2) is 0 Å². The topological polar surface area (TPSA) is 52.6 Å². The molecule has 5 heteroatoms. The number of carbonyl (C=O) groups is 2. The molecule has 0 heterocycles. The summed E-state index contributed by atoms with van der Waals surface area (Å²) in [7, 11) is 0. The van der Waals surface area contributed by atoms with Gasteiger partial charge in [0.15, 0.2) is 5.92 Å². The Hall–Kier alpha value is -1.11. The Bertz CT molecular complexity index is 427. The molecule has 0 aliphatic carbocycles. The van der Waals surface area contributed by atoms with E-state index in [0.717, 1.165) is 9.13 Å². The Balaban J connectivity index is 2.84. The average Bonchev–Trinajstić information content (AvgIpc) is 2.36. The summed E-state index contributed by atoms with van der Waals surface area (Å²) in [6, 6.07) is 7.66. The van der Waals surface area contributed by atoms with Crippen LogP contribution in [-0.4, -0.2) is 25.2 Å². The van der Waals surface area contributed by atoms with E-state index in [1.165, 1.54) is 0 Å². The minimum atomic E-state index is -0.891. The fourth-order valence-electron chi connectivity index (χ4n) is 1.65. The van der Waals surface area contributed by atoms with Crippen molar-refractivity contribution in [3.8, 4) is 0 Å². The number of carbonyl (C=O) groups excluding carboxylic acids is 2. The number of hydrogen-bond donors (Lipinski definition) is 0. The Labute approximate surface area is 126 Å². The highest BCUT2D eigenvalue weighted by atomic mass is 127. The van der Waals surface area contributed by atoms with Crippen LogP contribution in [0.4, 0.5) is 0 Å². The van der Waals surface area contributed by atoms with Gasteiger partial charge in [-0.15, -0.1) is 0 Å². The number of esters is 2. The first-order valence-electron chi connectivity index (χ1n) is 6.16. The summed E-state index contributed by atoms with van der Waals surface area (Å²) in [4.78, 5) is 23.6. The van der Waals surface area contributed by atoms with Crippen molar-refractivity contribution in [2.45, 2.75) is 20.3 Å². The molecule has 0 aromatic heterocycles. The van der Waals surface area contributed by atoms with Gasteiger partial charge >= 0.3 is 11.9 Å². The van der Waals surface area contributed by atoms with E-state index in [0.29, 0.717) is 6.42 Å². The van der Waals surface area contributed by atoms with Gasteiger partial charge in [-0.1, -0.05) is 12.1 Å². The monoisotopic (exact) mass is 376 g/mol. The Morgan fingerprint density at radius 3 is 2.21 bits per heavy atom. The lowest BCUT2D eigenvalue weighted by molar-refractivity contribution is -0.161. The second-order valence-corrected chi connectivity index (χ2v) is 5.14. The Morgan fingerprint density at radius 2 is 1.74 bits per heavy atom. The second-order valence-electron chi connectivity index (χ2n) is 3.89. The van der Waals surface area contributed by atoms with Gasteiger partial charge in [0.1, 0.15) is 0 Å². The lowest BCUT2D eigenvalue weighted by Gasteiger charge is -2.14.